The smallest absolute Gasteiger partial charge is 0.416 e. The molecular weight excluding hydrogens is 289 g/mol. The van der Waals surface area contributed by atoms with Crippen molar-refractivity contribution in [3.05, 3.63) is 29.8 Å². The Morgan fingerprint density at radius 3 is 2.52 bits per heavy atom. The van der Waals surface area contributed by atoms with Gasteiger partial charge >= 0.3 is 18.2 Å². The molecular formula is C13H15F3N2O3. The van der Waals surface area contributed by atoms with E-state index in [0.717, 1.165) is 17.0 Å². The van der Waals surface area contributed by atoms with E-state index in [1.54, 1.807) is 6.92 Å². The van der Waals surface area contributed by atoms with Crippen molar-refractivity contribution in [2.24, 2.45) is 0 Å². The molecule has 2 N–H and O–H groups in total. The van der Waals surface area contributed by atoms with Gasteiger partial charge in [0.2, 0.25) is 0 Å². The van der Waals surface area contributed by atoms with Crippen LogP contribution in [0.25, 0.3) is 0 Å². The molecule has 0 aromatic heterocycles. The first kappa shape index (κ1) is 16.8. The Hall–Kier alpha value is -2.25. The Balaban J connectivity index is 2.83. The van der Waals surface area contributed by atoms with Gasteiger partial charge in [0.25, 0.3) is 0 Å². The lowest BCUT2D eigenvalue weighted by molar-refractivity contribution is -0.138. The topological polar surface area (TPSA) is 69.6 Å². The average molecular weight is 304 g/mol. The van der Waals surface area contributed by atoms with Crippen LogP contribution < -0.4 is 5.32 Å². The van der Waals surface area contributed by atoms with Crippen molar-refractivity contribution in [2.75, 3.05) is 18.4 Å². The van der Waals surface area contributed by atoms with E-state index in [0.29, 0.717) is 6.42 Å². The molecule has 0 aliphatic rings. The minimum atomic E-state index is -4.51. The fraction of sp³-hybridized carbons (Fsp3) is 0.385. The van der Waals surface area contributed by atoms with Crippen LogP contribution in [-0.4, -0.2) is 35.1 Å². The van der Waals surface area contributed by atoms with Crippen LogP contribution >= 0.6 is 0 Å². The molecule has 1 aromatic carbocycles. The zero-order valence-corrected chi connectivity index (χ0v) is 11.3. The van der Waals surface area contributed by atoms with Crippen LogP contribution in [-0.2, 0) is 11.0 Å². The minimum absolute atomic E-state index is 0.0404. The van der Waals surface area contributed by atoms with Gasteiger partial charge in [0, 0.05) is 12.2 Å². The van der Waals surface area contributed by atoms with Crippen molar-refractivity contribution in [3.8, 4) is 0 Å². The molecule has 1 aromatic rings. The number of urea groups is 1. The van der Waals surface area contributed by atoms with Crippen molar-refractivity contribution in [1.82, 2.24) is 4.90 Å². The van der Waals surface area contributed by atoms with Gasteiger partial charge in [-0.15, -0.1) is 0 Å². The molecule has 0 spiro atoms. The molecule has 21 heavy (non-hydrogen) atoms. The summed E-state index contributed by atoms with van der Waals surface area (Å²) in [6.07, 6.45) is -3.98. The van der Waals surface area contributed by atoms with Crippen molar-refractivity contribution in [3.63, 3.8) is 0 Å². The number of hydrogen-bond acceptors (Lipinski definition) is 2. The van der Waals surface area contributed by atoms with Crippen LogP contribution in [0.2, 0.25) is 0 Å². The van der Waals surface area contributed by atoms with Gasteiger partial charge in [-0.1, -0.05) is 13.0 Å². The van der Waals surface area contributed by atoms with E-state index in [1.807, 2.05) is 0 Å². The Labute approximate surface area is 119 Å². The van der Waals surface area contributed by atoms with E-state index in [1.165, 1.54) is 12.1 Å². The molecule has 0 unspecified atom stereocenters. The van der Waals surface area contributed by atoms with Gasteiger partial charge in [-0.2, -0.15) is 13.2 Å². The third-order valence-electron chi connectivity index (χ3n) is 2.55. The van der Waals surface area contributed by atoms with E-state index >= 15 is 0 Å². The summed E-state index contributed by atoms with van der Waals surface area (Å²) in [5, 5.41) is 11.0. The van der Waals surface area contributed by atoms with Gasteiger partial charge in [0.1, 0.15) is 6.54 Å². The second-order valence-corrected chi connectivity index (χ2v) is 4.32. The maximum absolute atomic E-state index is 12.6. The number of amides is 2. The van der Waals surface area contributed by atoms with Crippen LogP contribution in [0.1, 0.15) is 18.9 Å². The van der Waals surface area contributed by atoms with E-state index in [2.05, 4.69) is 5.32 Å². The number of carbonyl (C=O) groups excluding carboxylic acids is 1. The SMILES string of the molecule is CCCN(CC(=O)O)C(=O)Nc1cccc(C(F)(F)F)c1. The number of anilines is 1. The monoisotopic (exact) mass is 304 g/mol. The Kier molecular flexibility index (Phi) is 5.57. The number of carboxylic acids is 1. The number of alkyl halides is 3. The van der Waals surface area contributed by atoms with Gasteiger partial charge in [-0.3, -0.25) is 4.79 Å². The van der Waals surface area contributed by atoms with Crippen LogP contribution in [0, 0.1) is 0 Å². The van der Waals surface area contributed by atoms with Crippen LogP contribution in [0.15, 0.2) is 24.3 Å². The standard InChI is InChI=1S/C13H15F3N2O3/c1-2-6-18(8-11(19)20)12(21)17-10-5-3-4-9(7-10)13(14,15)16/h3-5,7H,2,6,8H2,1H3,(H,17,21)(H,19,20). The van der Waals surface area contributed by atoms with Crippen molar-refractivity contribution < 1.29 is 27.9 Å². The summed E-state index contributed by atoms with van der Waals surface area (Å²) < 4.78 is 37.7. The summed E-state index contributed by atoms with van der Waals surface area (Å²) in [6, 6.07) is 3.40. The molecule has 0 aliphatic heterocycles. The highest BCUT2D eigenvalue weighted by Gasteiger charge is 2.30. The zero-order valence-electron chi connectivity index (χ0n) is 11.3. The molecule has 2 amide bonds. The highest BCUT2D eigenvalue weighted by atomic mass is 19.4. The second kappa shape index (κ2) is 6.96. The lowest BCUT2D eigenvalue weighted by atomic mass is 10.2. The van der Waals surface area contributed by atoms with E-state index < -0.39 is 30.3 Å². The lowest BCUT2D eigenvalue weighted by Crippen LogP contribution is -2.39. The molecule has 5 nitrogen and oxygen atoms in total. The van der Waals surface area contributed by atoms with Crippen molar-refractivity contribution in [1.29, 1.82) is 0 Å². The number of halogens is 3. The molecule has 0 radical (unpaired) electrons. The second-order valence-electron chi connectivity index (χ2n) is 4.32. The number of nitrogens with one attached hydrogen (secondary N) is 1. The molecule has 116 valence electrons. The number of hydrogen-bond donors (Lipinski definition) is 2. The predicted octanol–water partition coefficient (Wildman–Crippen LogP) is 3.03. The fourth-order valence-electron chi connectivity index (χ4n) is 1.66. The highest BCUT2D eigenvalue weighted by Crippen LogP contribution is 2.30. The molecule has 0 bridgehead atoms. The van der Waals surface area contributed by atoms with Gasteiger partial charge in [-0.05, 0) is 24.6 Å². The first-order valence-electron chi connectivity index (χ1n) is 6.19. The molecule has 0 saturated heterocycles. The first-order chi connectivity index (χ1) is 9.74. The molecule has 0 heterocycles. The van der Waals surface area contributed by atoms with Gasteiger partial charge in [0.15, 0.2) is 0 Å². The molecule has 8 heteroatoms. The Morgan fingerprint density at radius 1 is 1.33 bits per heavy atom. The number of benzene rings is 1. The Bertz CT molecular complexity index is 518. The van der Waals surface area contributed by atoms with E-state index in [4.69, 9.17) is 5.11 Å². The predicted molar refractivity (Wildman–Crippen MR) is 70.0 cm³/mol. The third kappa shape index (κ3) is 5.33. The van der Waals surface area contributed by atoms with Crippen LogP contribution in [0.4, 0.5) is 23.7 Å². The van der Waals surface area contributed by atoms with E-state index in [9.17, 15) is 22.8 Å². The highest BCUT2D eigenvalue weighted by molar-refractivity contribution is 5.91. The molecule has 0 aliphatic carbocycles. The number of aliphatic carboxylic acids is 1. The average Bonchev–Trinajstić information content (AvgIpc) is 2.37. The maximum atomic E-state index is 12.6. The molecule has 0 atom stereocenters. The molecule has 1 rings (SSSR count). The number of carbonyl (C=O) groups is 2. The number of nitrogens with zero attached hydrogens (tertiary/aromatic N) is 1. The minimum Gasteiger partial charge on any atom is -0.480 e. The van der Waals surface area contributed by atoms with Gasteiger partial charge < -0.3 is 15.3 Å². The first-order valence-corrected chi connectivity index (χ1v) is 6.19. The summed E-state index contributed by atoms with van der Waals surface area (Å²) in [5.74, 6) is -1.19. The molecule has 0 saturated carbocycles. The van der Waals surface area contributed by atoms with Crippen LogP contribution in [0.3, 0.4) is 0 Å². The number of carboxylic acid groups (broad SMARTS) is 1. The quantitative estimate of drug-likeness (QED) is 0.878. The summed E-state index contributed by atoms with van der Waals surface area (Å²) in [4.78, 5) is 23.5. The fourth-order valence-corrected chi connectivity index (χ4v) is 1.66. The van der Waals surface area contributed by atoms with Gasteiger partial charge in [-0.25, -0.2) is 4.79 Å². The van der Waals surface area contributed by atoms with E-state index in [-0.39, 0.29) is 12.2 Å². The third-order valence-corrected chi connectivity index (χ3v) is 2.55. The Morgan fingerprint density at radius 2 is 2.00 bits per heavy atom. The van der Waals surface area contributed by atoms with Crippen molar-refractivity contribution >= 4 is 17.7 Å². The lowest BCUT2D eigenvalue weighted by Gasteiger charge is -2.20. The maximum Gasteiger partial charge on any atom is 0.416 e. The summed E-state index contributed by atoms with van der Waals surface area (Å²) in [5.41, 5.74) is -0.929. The molecule has 0 fully saturated rings. The van der Waals surface area contributed by atoms with Crippen LogP contribution in [0.5, 0.6) is 0 Å². The van der Waals surface area contributed by atoms with Crippen molar-refractivity contribution in [2.45, 2.75) is 19.5 Å². The summed E-state index contributed by atoms with van der Waals surface area (Å²) >= 11 is 0. The number of rotatable bonds is 5. The zero-order chi connectivity index (χ0) is 16.0. The van der Waals surface area contributed by atoms with Gasteiger partial charge in [0.05, 0.1) is 5.56 Å². The normalized spacial score (nSPS) is 11.0. The summed E-state index contributed by atoms with van der Waals surface area (Å²) in [6.45, 7) is 1.43. The summed E-state index contributed by atoms with van der Waals surface area (Å²) in [7, 11) is 0. The largest absolute Gasteiger partial charge is 0.480 e.